The largest absolute Gasteiger partial charge is 0.508 e. The fraction of sp³-hybridized carbons (Fsp3) is 0.525. The van der Waals surface area contributed by atoms with Gasteiger partial charge in [0, 0.05) is 47.5 Å². The van der Waals surface area contributed by atoms with Crippen molar-refractivity contribution < 1.29 is 33.2 Å². The van der Waals surface area contributed by atoms with Crippen LogP contribution in [0.3, 0.4) is 0 Å². The number of hydrogen-bond donors (Lipinski definition) is 2. The van der Waals surface area contributed by atoms with E-state index in [1.54, 1.807) is 6.92 Å². The Balaban J connectivity index is 1.26. The summed E-state index contributed by atoms with van der Waals surface area (Å²) in [5, 5.41) is 22.7. The zero-order valence-electron chi connectivity index (χ0n) is 30.0. The molecule has 2 N–H and O–H groups in total. The van der Waals surface area contributed by atoms with Crippen LogP contribution in [-0.4, -0.2) is 94.8 Å². The molecule has 2 aromatic heterocycles. The van der Waals surface area contributed by atoms with Crippen LogP contribution in [0.15, 0.2) is 24.3 Å². The molecule has 0 amide bonds. The number of aromatic hydroxyl groups is 1. The Kier molecular flexibility index (Phi) is 8.67. The molecule has 2 aromatic carbocycles. The first-order valence-corrected chi connectivity index (χ1v) is 18.2. The van der Waals surface area contributed by atoms with E-state index in [2.05, 4.69) is 22.7 Å². The number of fused-ring (bicyclic) bond motifs is 3. The van der Waals surface area contributed by atoms with Crippen molar-refractivity contribution in [2.24, 2.45) is 10.8 Å². The van der Waals surface area contributed by atoms with Gasteiger partial charge in [-0.15, -0.1) is 6.42 Å². The van der Waals surface area contributed by atoms with E-state index < -0.39 is 17.2 Å². The Morgan fingerprint density at radius 2 is 1.83 bits per heavy atom. The highest BCUT2D eigenvalue weighted by Gasteiger charge is 2.50. The molecule has 52 heavy (non-hydrogen) atoms. The predicted molar refractivity (Wildman–Crippen MR) is 194 cm³/mol. The average Bonchev–Trinajstić information content (AvgIpc) is 3.55. The number of halogens is 2. The molecule has 10 nitrogen and oxygen atoms in total. The molecule has 0 bridgehead atoms. The number of hydrogen-bond acceptors (Lipinski definition) is 10. The molecule has 1 unspecified atom stereocenters. The molecular weight excluding hydrogens is 668 g/mol. The first-order valence-electron chi connectivity index (χ1n) is 18.2. The number of anilines is 1. The van der Waals surface area contributed by atoms with Crippen LogP contribution < -0.4 is 14.4 Å². The number of piperidine rings is 2. The van der Waals surface area contributed by atoms with Crippen LogP contribution in [-0.2, 0) is 4.74 Å². The molecule has 5 heterocycles. The quantitative estimate of drug-likeness (QED) is 0.204. The highest BCUT2D eigenvalue weighted by Crippen LogP contribution is 2.49. The van der Waals surface area contributed by atoms with Crippen molar-refractivity contribution in [2.45, 2.75) is 70.4 Å². The summed E-state index contributed by atoms with van der Waals surface area (Å²) >= 11 is 0. The van der Waals surface area contributed by atoms with Crippen LogP contribution in [0.5, 0.6) is 17.6 Å². The van der Waals surface area contributed by atoms with Gasteiger partial charge in [-0.1, -0.05) is 25.3 Å². The lowest BCUT2D eigenvalue weighted by atomic mass is 9.74. The number of methoxy groups -OCH3 is 1. The van der Waals surface area contributed by atoms with Crippen LogP contribution in [0, 0.1) is 34.8 Å². The fourth-order valence-corrected chi connectivity index (χ4v) is 9.32. The topological polar surface area (TPSA) is 113 Å². The Hall–Kier alpha value is -4.31. The molecule has 0 spiro atoms. The van der Waals surface area contributed by atoms with E-state index in [-0.39, 0.29) is 68.1 Å². The summed E-state index contributed by atoms with van der Waals surface area (Å²) < 4.78 is 50.2. The molecule has 3 aliphatic heterocycles. The number of likely N-dealkylation sites (tertiary alicyclic amines) is 1. The normalized spacial score (nSPS) is 25.9. The maximum Gasteiger partial charge on any atom is 0.319 e. The SMILES string of the molecule is C#Cc1c(F)ccc2cc(O)cc(-c3nc(OC)c4c(N5CCC[C@@](C)(O)C5)nc(OC[C@]56CCCC5N(CC5(C)COC5)CCC6)nc4c3F)c12. The number of aromatic nitrogens is 3. The van der Waals surface area contributed by atoms with Gasteiger partial charge in [0.25, 0.3) is 0 Å². The Bertz CT molecular complexity index is 2100. The zero-order chi connectivity index (χ0) is 36.4. The number of terminal acetylenes is 1. The minimum absolute atomic E-state index is 0.0125. The number of ether oxygens (including phenoxy) is 3. The summed E-state index contributed by atoms with van der Waals surface area (Å²) in [6.45, 7) is 8.83. The van der Waals surface area contributed by atoms with Gasteiger partial charge >= 0.3 is 6.01 Å². The second-order valence-corrected chi connectivity index (χ2v) is 16.0. The van der Waals surface area contributed by atoms with Crippen molar-refractivity contribution in [1.82, 2.24) is 19.9 Å². The number of aliphatic hydroxyl groups is 1. The van der Waals surface area contributed by atoms with Gasteiger partial charge < -0.3 is 29.3 Å². The van der Waals surface area contributed by atoms with Crippen LogP contribution >= 0.6 is 0 Å². The second kappa shape index (κ2) is 13.0. The van der Waals surface area contributed by atoms with Crippen LogP contribution in [0.1, 0.15) is 64.4 Å². The Labute approximate surface area is 302 Å². The maximum absolute atomic E-state index is 17.2. The fourth-order valence-electron chi connectivity index (χ4n) is 9.32. The first kappa shape index (κ1) is 34.8. The third kappa shape index (κ3) is 5.96. The van der Waals surface area contributed by atoms with Crippen molar-refractivity contribution >= 4 is 27.5 Å². The molecule has 3 saturated heterocycles. The molecule has 12 heteroatoms. The number of β-amino-alcohol motifs (C(OH)–C–C–N with tert-alkyl or cyclic N) is 1. The van der Waals surface area contributed by atoms with Gasteiger partial charge in [-0.3, -0.25) is 4.90 Å². The molecule has 1 saturated carbocycles. The number of pyridine rings is 1. The summed E-state index contributed by atoms with van der Waals surface area (Å²) in [5.41, 5.74) is -1.26. The van der Waals surface area contributed by atoms with E-state index in [4.69, 9.17) is 30.6 Å². The van der Waals surface area contributed by atoms with Crippen LogP contribution in [0.25, 0.3) is 32.9 Å². The minimum Gasteiger partial charge on any atom is -0.508 e. The van der Waals surface area contributed by atoms with Crippen molar-refractivity contribution in [3.05, 3.63) is 41.5 Å². The number of nitrogens with zero attached hydrogens (tertiary/aromatic N) is 5. The average molecular weight is 714 g/mol. The van der Waals surface area contributed by atoms with E-state index in [0.717, 1.165) is 58.4 Å². The molecular formula is C40H45F2N5O5. The third-order valence-corrected chi connectivity index (χ3v) is 11.7. The van der Waals surface area contributed by atoms with Gasteiger partial charge in [0.15, 0.2) is 5.82 Å². The van der Waals surface area contributed by atoms with Gasteiger partial charge in [-0.25, -0.2) is 13.8 Å². The van der Waals surface area contributed by atoms with Crippen molar-refractivity contribution in [3.63, 3.8) is 0 Å². The first-order chi connectivity index (χ1) is 24.9. The lowest BCUT2D eigenvalue weighted by Crippen LogP contribution is -2.57. The zero-order valence-corrected chi connectivity index (χ0v) is 30.0. The second-order valence-electron chi connectivity index (χ2n) is 16.0. The van der Waals surface area contributed by atoms with E-state index in [1.807, 2.05) is 4.90 Å². The molecule has 1 aliphatic carbocycles. The van der Waals surface area contributed by atoms with Gasteiger partial charge in [-0.2, -0.15) is 9.97 Å². The van der Waals surface area contributed by atoms with Gasteiger partial charge in [0.1, 0.15) is 34.0 Å². The molecule has 3 atom stereocenters. The van der Waals surface area contributed by atoms with Crippen LogP contribution in [0.4, 0.5) is 14.6 Å². The number of benzene rings is 2. The van der Waals surface area contributed by atoms with E-state index in [0.29, 0.717) is 43.2 Å². The summed E-state index contributed by atoms with van der Waals surface area (Å²) in [6, 6.07) is 5.80. The highest BCUT2D eigenvalue weighted by atomic mass is 19.1. The molecule has 0 radical (unpaired) electrons. The number of rotatable bonds is 8. The summed E-state index contributed by atoms with van der Waals surface area (Å²) in [6.07, 6.45) is 12.3. The van der Waals surface area contributed by atoms with Gasteiger partial charge in [0.2, 0.25) is 5.88 Å². The van der Waals surface area contributed by atoms with E-state index in [9.17, 15) is 10.2 Å². The number of phenols is 1. The smallest absolute Gasteiger partial charge is 0.319 e. The predicted octanol–water partition coefficient (Wildman–Crippen LogP) is 6.22. The lowest BCUT2D eigenvalue weighted by Gasteiger charge is -2.50. The minimum atomic E-state index is -1.00. The molecule has 4 fully saturated rings. The number of phenolic OH excluding ortho intramolecular Hbond substituents is 1. The standard InChI is InChI=1S/C40H45F2N5O5/c1-5-26-28(41)11-10-24-17-25(48)18-27(30(24)26)33-32(42)34-31(36(43-33)50-4)35(47-16-7-12-39(3,49)20-47)45-37(44-34)52-23-40-13-6-9-29(40)46(15-8-14-40)19-38(2)21-51-22-38/h1,10-11,17-18,29,48-49H,6-9,12-16,19-23H2,2-4H3/t29?,39-,40-/m1/s1. The lowest BCUT2D eigenvalue weighted by molar-refractivity contribution is -0.130. The van der Waals surface area contributed by atoms with E-state index in [1.165, 1.54) is 31.4 Å². The molecule has 4 aliphatic rings. The monoisotopic (exact) mass is 713 g/mol. The van der Waals surface area contributed by atoms with Crippen molar-refractivity contribution in [2.75, 3.05) is 58.0 Å². The Morgan fingerprint density at radius 1 is 1.04 bits per heavy atom. The maximum atomic E-state index is 17.2. The van der Waals surface area contributed by atoms with Crippen molar-refractivity contribution in [1.29, 1.82) is 0 Å². The van der Waals surface area contributed by atoms with Crippen molar-refractivity contribution in [3.8, 4) is 41.2 Å². The van der Waals surface area contributed by atoms with Gasteiger partial charge in [-0.05, 0) is 75.6 Å². The molecule has 4 aromatic rings. The summed E-state index contributed by atoms with van der Waals surface area (Å²) in [5.74, 6) is 1.09. The summed E-state index contributed by atoms with van der Waals surface area (Å²) in [4.78, 5) is 18.7. The molecule has 274 valence electrons. The third-order valence-electron chi connectivity index (χ3n) is 11.7. The van der Waals surface area contributed by atoms with E-state index >= 15 is 8.78 Å². The Morgan fingerprint density at radius 3 is 2.56 bits per heavy atom. The van der Waals surface area contributed by atoms with Crippen LogP contribution in [0.2, 0.25) is 0 Å². The van der Waals surface area contributed by atoms with Gasteiger partial charge in [0.05, 0.1) is 38.1 Å². The highest BCUT2D eigenvalue weighted by molar-refractivity contribution is 6.04. The molecule has 8 rings (SSSR count). The summed E-state index contributed by atoms with van der Waals surface area (Å²) in [7, 11) is 1.42.